The molecule has 0 aliphatic rings. The maximum Gasteiger partial charge on any atom is 0.215 e. The van der Waals surface area contributed by atoms with Crippen LogP contribution in [0.25, 0.3) is 0 Å². The van der Waals surface area contributed by atoms with E-state index in [0.717, 1.165) is 5.69 Å². The van der Waals surface area contributed by atoms with Crippen LogP contribution >= 0.6 is 0 Å². The molecule has 0 fully saturated rings. The van der Waals surface area contributed by atoms with Crippen LogP contribution in [0, 0.1) is 11.3 Å². The summed E-state index contributed by atoms with van der Waals surface area (Å²) in [5.41, 5.74) is 0.740. The monoisotopic (exact) mass is 253 g/mol. The summed E-state index contributed by atoms with van der Waals surface area (Å²) in [6.45, 7) is 1.94. The number of hydrogen-bond donors (Lipinski definition) is 0. The van der Waals surface area contributed by atoms with E-state index < -0.39 is 10.0 Å². The molecule has 0 saturated carbocycles. The smallest absolute Gasteiger partial charge is 0.215 e. The highest BCUT2D eigenvalue weighted by molar-refractivity contribution is 7.89. The van der Waals surface area contributed by atoms with Crippen LogP contribution < -0.4 is 0 Å². The molecule has 0 spiro atoms. The number of aromatic nitrogens is 1. The van der Waals surface area contributed by atoms with Crippen LogP contribution in [0.15, 0.2) is 24.4 Å². The minimum atomic E-state index is -3.36. The molecule has 6 heteroatoms. The van der Waals surface area contributed by atoms with Gasteiger partial charge in [0.1, 0.15) is 6.54 Å². The Hall–Kier alpha value is -1.45. The van der Waals surface area contributed by atoms with Gasteiger partial charge < -0.3 is 0 Å². The van der Waals surface area contributed by atoms with Crippen molar-refractivity contribution in [3.8, 4) is 6.07 Å². The highest BCUT2D eigenvalue weighted by atomic mass is 32.2. The molecule has 0 aromatic carbocycles. The first kappa shape index (κ1) is 13.6. The Bertz CT molecular complexity index is 479. The minimum absolute atomic E-state index is 0.0144. The molecule has 17 heavy (non-hydrogen) atoms. The van der Waals surface area contributed by atoms with Crippen molar-refractivity contribution < 1.29 is 8.42 Å². The van der Waals surface area contributed by atoms with Crippen LogP contribution in [0.3, 0.4) is 0 Å². The summed E-state index contributed by atoms with van der Waals surface area (Å²) in [5, 5.41) is 8.55. The Morgan fingerprint density at radius 1 is 1.47 bits per heavy atom. The molecule has 0 saturated heterocycles. The second kappa shape index (κ2) is 6.33. The Morgan fingerprint density at radius 2 is 2.24 bits per heavy atom. The van der Waals surface area contributed by atoms with Gasteiger partial charge >= 0.3 is 0 Å². The molecule has 0 radical (unpaired) electrons. The highest BCUT2D eigenvalue weighted by Gasteiger charge is 2.19. The van der Waals surface area contributed by atoms with Crippen molar-refractivity contribution in [2.45, 2.75) is 13.3 Å². The van der Waals surface area contributed by atoms with Crippen molar-refractivity contribution in [2.75, 3.05) is 18.8 Å². The van der Waals surface area contributed by atoms with E-state index >= 15 is 0 Å². The summed E-state index contributed by atoms with van der Waals surface area (Å²) >= 11 is 0. The number of aryl methyl sites for hydroxylation is 1. The lowest BCUT2D eigenvalue weighted by atomic mass is 10.3. The average Bonchev–Trinajstić information content (AvgIpc) is 2.34. The molecule has 0 atom stereocenters. The predicted octanol–water partition coefficient (Wildman–Crippen LogP) is 0.799. The molecule has 1 aromatic heterocycles. The van der Waals surface area contributed by atoms with Crippen molar-refractivity contribution >= 4 is 10.0 Å². The SMILES string of the molecule is CCN(CC#N)S(=O)(=O)CCc1ccccn1. The molecule has 0 amide bonds. The van der Waals surface area contributed by atoms with E-state index in [0.29, 0.717) is 13.0 Å². The van der Waals surface area contributed by atoms with E-state index in [1.165, 1.54) is 4.31 Å². The van der Waals surface area contributed by atoms with Gasteiger partial charge in [0.2, 0.25) is 10.0 Å². The summed E-state index contributed by atoms with van der Waals surface area (Å²) < 4.78 is 24.9. The zero-order valence-electron chi connectivity index (χ0n) is 9.70. The second-order valence-corrected chi connectivity index (χ2v) is 5.56. The summed E-state index contributed by atoms with van der Waals surface area (Å²) in [7, 11) is -3.36. The third-order valence-corrected chi connectivity index (χ3v) is 4.23. The fourth-order valence-electron chi connectivity index (χ4n) is 1.39. The van der Waals surface area contributed by atoms with E-state index in [9.17, 15) is 8.42 Å². The molecule has 0 bridgehead atoms. The van der Waals surface area contributed by atoms with Gasteiger partial charge in [0.15, 0.2) is 0 Å². The topological polar surface area (TPSA) is 74.1 Å². The van der Waals surface area contributed by atoms with Gasteiger partial charge in [-0.15, -0.1) is 0 Å². The van der Waals surface area contributed by atoms with E-state index in [-0.39, 0.29) is 12.3 Å². The van der Waals surface area contributed by atoms with Crippen molar-refractivity contribution in [2.24, 2.45) is 0 Å². The molecule has 5 nitrogen and oxygen atoms in total. The fourth-order valence-corrected chi connectivity index (χ4v) is 2.77. The first-order valence-corrected chi connectivity index (χ1v) is 6.95. The van der Waals surface area contributed by atoms with Crippen molar-refractivity contribution in [3.63, 3.8) is 0 Å². The highest BCUT2D eigenvalue weighted by Crippen LogP contribution is 2.04. The van der Waals surface area contributed by atoms with Crippen molar-refractivity contribution in [1.29, 1.82) is 5.26 Å². The molecule has 0 N–H and O–H groups in total. The van der Waals surface area contributed by atoms with Crippen LogP contribution in [-0.2, 0) is 16.4 Å². The second-order valence-electron chi connectivity index (χ2n) is 3.47. The number of pyridine rings is 1. The van der Waals surface area contributed by atoms with E-state index in [4.69, 9.17) is 5.26 Å². The number of hydrogen-bond acceptors (Lipinski definition) is 4. The lowest BCUT2D eigenvalue weighted by Crippen LogP contribution is -2.33. The largest absolute Gasteiger partial charge is 0.261 e. The Morgan fingerprint density at radius 3 is 2.76 bits per heavy atom. The van der Waals surface area contributed by atoms with Gasteiger partial charge in [-0.05, 0) is 12.1 Å². The molecule has 1 rings (SSSR count). The van der Waals surface area contributed by atoms with Crippen LogP contribution in [0.2, 0.25) is 0 Å². The van der Waals surface area contributed by atoms with E-state index in [2.05, 4.69) is 4.98 Å². The van der Waals surface area contributed by atoms with Crippen LogP contribution in [0.4, 0.5) is 0 Å². The first-order valence-electron chi connectivity index (χ1n) is 5.35. The molecule has 0 aliphatic heterocycles. The molecule has 92 valence electrons. The standard InChI is InChI=1S/C11H15N3O2S/c1-2-14(9-7-12)17(15,16)10-6-11-5-3-4-8-13-11/h3-5,8H,2,6,9-10H2,1H3. The Labute approximate surface area is 102 Å². The van der Waals surface area contributed by atoms with Crippen molar-refractivity contribution in [3.05, 3.63) is 30.1 Å². The van der Waals surface area contributed by atoms with Gasteiger partial charge in [-0.1, -0.05) is 13.0 Å². The van der Waals surface area contributed by atoms with Gasteiger partial charge in [0.05, 0.1) is 11.8 Å². The average molecular weight is 253 g/mol. The number of nitrogens with zero attached hydrogens (tertiary/aromatic N) is 3. The third kappa shape index (κ3) is 4.13. The summed E-state index contributed by atoms with van der Waals surface area (Å²) in [6, 6.07) is 7.25. The van der Waals surface area contributed by atoms with Crippen LogP contribution in [0.1, 0.15) is 12.6 Å². The van der Waals surface area contributed by atoms with Gasteiger partial charge in [0.25, 0.3) is 0 Å². The molecule has 1 aromatic rings. The number of rotatable bonds is 6. The predicted molar refractivity (Wildman–Crippen MR) is 64.6 cm³/mol. The maximum absolute atomic E-state index is 11.9. The minimum Gasteiger partial charge on any atom is -0.261 e. The maximum atomic E-state index is 11.9. The molecule has 0 unspecified atom stereocenters. The van der Waals surface area contributed by atoms with Crippen molar-refractivity contribution in [1.82, 2.24) is 9.29 Å². The summed E-state index contributed by atoms with van der Waals surface area (Å²) in [4.78, 5) is 4.06. The van der Waals surface area contributed by atoms with Gasteiger partial charge in [-0.2, -0.15) is 9.57 Å². The Balaban J connectivity index is 2.64. The van der Waals surface area contributed by atoms with E-state index in [1.54, 1.807) is 25.3 Å². The number of sulfonamides is 1. The molecular formula is C11H15N3O2S. The lowest BCUT2D eigenvalue weighted by molar-refractivity contribution is 0.462. The fraction of sp³-hybridized carbons (Fsp3) is 0.455. The normalized spacial score (nSPS) is 11.4. The van der Waals surface area contributed by atoms with E-state index in [1.807, 2.05) is 12.1 Å². The lowest BCUT2D eigenvalue weighted by Gasteiger charge is -2.16. The van der Waals surface area contributed by atoms with Gasteiger partial charge in [-0.25, -0.2) is 8.42 Å². The summed E-state index contributed by atoms with van der Waals surface area (Å²) in [5.74, 6) is -0.0144. The summed E-state index contributed by atoms with van der Waals surface area (Å²) in [6.07, 6.45) is 2.00. The molecule has 0 aliphatic carbocycles. The third-order valence-electron chi connectivity index (χ3n) is 2.34. The van der Waals surface area contributed by atoms with Crippen LogP contribution in [-0.4, -0.2) is 36.5 Å². The van der Waals surface area contributed by atoms with Gasteiger partial charge in [-0.3, -0.25) is 4.98 Å². The first-order chi connectivity index (χ1) is 8.10. The number of nitriles is 1. The molecule has 1 heterocycles. The Kier molecular flexibility index (Phi) is 5.07. The quantitative estimate of drug-likeness (QED) is 0.703. The zero-order chi connectivity index (χ0) is 12.7. The zero-order valence-corrected chi connectivity index (χ0v) is 10.5. The molecular weight excluding hydrogens is 238 g/mol. The van der Waals surface area contributed by atoms with Crippen LogP contribution in [0.5, 0.6) is 0 Å². The van der Waals surface area contributed by atoms with Gasteiger partial charge in [0, 0.05) is 24.9 Å².